The standard InChI is InChI=1S/C19H34N8O8/c1-9(20)15(31)25-10(3-2-8-24-19(22)23)16(32)26-11(5-7-14(29)30)17(33)27-12(18(34)35)4-6-13(21)28/h9-12H,2-8,20H2,1H3,(H2,21,28)(H,25,31)(H,26,32)(H,27,33)(H,29,30)(H,34,35)(H4,22,23,24). The SMILES string of the molecule is CC(N)C(=O)NC(CCCN=C(N)N)C(=O)NC(CCC(=O)O)C(=O)NC(CCC(N)=O)C(=O)O. The molecule has 0 aromatic heterocycles. The molecule has 4 amide bonds. The molecule has 0 aromatic carbocycles. The van der Waals surface area contributed by atoms with Gasteiger partial charge in [-0.1, -0.05) is 0 Å². The molecule has 0 rings (SSSR count). The Hall–Kier alpha value is -3.95. The van der Waals surface area contributed by atoms with Crippen LogP contribution in [0.2, 0.25) is 0 Å². The first-order valence-electron chi connectivity index (χ1n) is 10.7. The van der Waals surface area contributed by atoms with Crippen LogP contribution in [0.4, 0.5) is 0 Å². The van der Waals surface area contributed by atoms with Crippen LogP contribution in [0.5, 0.6) is 0 Å². The van der Waals surface area contributed by atoms with Crippen LogP contribution in [-0.4, -0.2) is 82.5 Å². The first kappa shape index (κ1) is 31.0. The Labute approximate surface area is 201 Å². The number of hydrogen-bond donors (Lipinski definition) is 9. The third-order valence-electron chi connectivity index (χ3n) is 4.57. The molecule has 0 aliphatic carbocycles. The van der Waals surface area contributed by atoms with E-state index in [4.69, 9.17) is 28.0 Å². The molecule has 0 spiro atoms. The highest BCUT2D eigenvalue weighted by Crippen LogP contribution is 2.06. The van der Waals surface area contributed by atoms with Gasteiger partial charge in [-0.2, -0.15) is 0 Å². The maximum Gasteiger partial charge on any atom is 0.326 e. The summed E-state index contributed by atoms with van der Waals surface area (Å²) in [5.41, 5.74) is 21.0. The summed E-state index contributed by atoms with van der Waals surface area (Å²) in [6.45, 7) is 1.54. The van der Waals surface area contributed by atoms with Crippen molar-refractivity contribution in [3.05, 3.63) is 0 Å². The van der Waals surface area contributed by atoms with Gasteiger partial charge in [0.1, 0.15) is 18.1 Å². The lowest BCUT2D eigenvalue weighted by molar-refractivity contribution is -0.143. The number of amides is 4. The fourth-order valence-corrected chi connectivity index (χ4v) is 2.70. The predicted molar refractivity (Wildman–Crippen MR) is 122 cm³/mol. The molecule has 0 radical (unpaired) electrons. The van der Waals surface area contributed by atoms with Crippen LogP contribution in [0.1, 0.15) is 45.4 Å². The smallest absolute Gasteiger partial charge is 0.326 e. The lowest BCUT2D eigenvalue weighted by atomic mass is 10.1. The minimum atomic E-state index is -1.51. The second-order valence-corrected chi connectivity index (χ2v) is 7.70. The summed E-state index contributed by atoms with van der Waals surface area (Å²) in [4.78, 5) is 74.7. The van der Waals surface area contributed by atoms with E-state index >= 15 is 0 Å². The van der Waals surface area contributed by atoms with Gasteiger partial charge in [0, 0.05) is 19.4 Å². The lowest BCUT2D eigenvalue weighted by Crippen LogP contribution is -2.57. The van der Waals surface area contributed by atoms with Crippen LogP contribution in [0.15, 0.2) is 4.99 Å². The van der Waals surface area contributed by atoms with E-state index in [0.29, 0.717) is 0 Å². The number of guanidine groups is 1. The average molecular weight is 503 g/mol. The summed E-state index contributed by atoms with van der Waals surface area (Å²) in [6, 6.07) is -5.09. The van der Waals surface area contributed by atoms with Crippen LogP contribution in [0.25, 0.3) is 0 Å². The fraction of sp³-hybridized carbons (Fsp3) is 0.632. The van der Waals surface area contributed by atoms with Gasteiger partial charge in [-0.05, 0) is 32.6 Å². The third-order valence-corrected chi connectivity index (χ3v) is 4.57. The Kier molecular flexibility index (Phi) is 14.0. The van der Waals surface area contributed by atoms with Crippen LogP contribution >= 0.6 is 0 Å². The van der Waals surface area contributed by atoms with Gasteiger partial charge in [0.2, 0.25) is 23.6 Å². The minimum absolute atomic E-state index is 0.0463. The molecule has 16 heteroatoms. The summed E-state index contributed by atoms with van der Waals surface area (Å²) < 4.78 is 0. The van der Waals surface area contributed by atoms with E-state index in [1.165, 1.54) is 6.92 Å². The summed E-state index contributed by atoms with van der Waals surface area (Å²) in [5.74, 6) is -6.15. The molecular formula is C19H34N8O8. The van der Waals surface area contributed by atoms with E-state index in [1.807, 2.05) is 0 Å². The van der Waals surface area contributed by atoms with E-state index in [-0.39, 0.29) is 44.6 Å². The molecule has 13 N–H and O–H groups in total. The van der Waals surface area contributed by atoms with Crippen molar-refractivity contribution in [2.45, 2.75) is 69.6 Å². The van der Waals surface area contributed by atoms with Gasteiger partial charge in [-0.25, -0.2) is 4.79 Å². The molecule has 0 bridgehead atoms. The quantitative estimate of drug-likeness (QED) is 0.0525. The number of primary amides is 1. The van der Waals surface area contributed by atoms with Crippen molar-refractivity contribution in [2.24, 2.45) is 27.9 Å². The number of hydrogen-bond acceptors (Lipinski definition) is 8. The van der Waals surface area contributed by atoms with Crippen molar-refractivity contribution in [1.82, 2.24) is 16.0 Å². The molecule has 35 heavy (non-hydrogen) atoms. The summed E-state index contributed by atoms with van der Waals surface area (Å²) in [6.07, 6.45) is -1.24. The van der Waals surface area contributed by atoms with Gasteiger partial charge >= 0.3 is 11.9 Å². The fourth-order valence-electron chi connectivity index (χ4n) is 2.70. The number of carboxylic acids is 2. The maximum atomic E-state index is 12.9. The van der Waals surface area contributed by atoms with Crippen molar-refractivity contribution < 1.29 is 39.0 Å². The Bertz CT molecular complexity index is 813. The molecule has 0 saturated heterocycles. The van der Waals surface area contributed by atoms with Gasteiger partial charge in [0.25, 0.3) is 0 Å². The number of carbonyl (C=O) groups excluding carboxylic acids is 4. The Balaban J connectivity index is 5.56. The topological polar surface area (TPSA) is 295 Å². The van der Waals surface area contributed by atoms with E-state index in [2.05, 4.69) is 20.9 Å². The highest BCUT2D eigenvalue weighted by atomic mass is 16.4. The van der Waals surface area contributed by atoms with E-state index < -0.39 is 66.2 Å². The van der Waals surface area contributed by atoms with Gasteiger partial charge in [-0.3, -0.25) is 29.0 Å². The Morgan fingerprint density at radius 2 is 1.26 bits per heavy atom. The maximum absolute atomic E-state index is 12.9. The number of carbonyl (C=O) groups is 6. The molecule has 198 valence electrons. The molecule has 0 aromatic rings. The average Bonchev–Trinajstić information content (AvgIpc) is 2.74. The first-order chi connectivity index (χ1) is 16.2. The van der Waals surface area contributed by atoms with E-state index in [0.717, 1.165) is 0 Å². The van der Waals surface area contributed by atoms with Crippen LogP contribution < -0.4 is 38.9 Å². The summed E-state index contributed by atoms with van der Waals surface area (Å²) >= 11 is 0. The van der Waals surface area contributed by atoms with Crippen LogP contribution in [-0.2, 0) is 28.8 Å². The number of nitrogens with two attached hydrogens (primary N) is 4. The normalized spacial score (nSPS) is 13.9. The zero-order valence-corrected chi connectivity index (χ0v) is 19.4. The van der Waals surface area contributed by atoms with E-state index in [9.17, 15) is 33.9 Å². The molecule has 16 nitrogen and oxygen atoms in total. The highest BCUT2D eigenvalue weighted by molar-refractivity contribution is 5.94. The van der Waals surface area contributed by atoms with Crippen molar-refractivity contribution in [1.29, 1.82) is 0 Å². The van der Waals surface area contributed by atoms with Gasteiger partial charge in [-0.15, -0.1) is 0 Å². The molecule has 0 saturated carbocycles. The van der Waals surface area contributed by atoms with Crippen molar-refractivity contribution in [3.8, 4) is 0 Å². The Morgan fingerprint density at radius 1 is 0.771 bits per heavy atom. The molecule has 4 unspecified atom stereocenters. The molecule has 4 atom stereocenters. The van der Waals surface area contributed by atoms with Gasteiger partial charge in [0.05, 0.1) is 6.04 Å². The van der Waals surface area contributed by atoms with Crippen LogP contribution in [0.3, 0.4) is 0 Å². The summed E-state index contributed by atoms with van der Waals surface area (Å²) in [5, 5.41) is 25.2. The Morgan fingerprint density at radius 3 is 1.71 bits per heavy atom. The molecule has 0 aliphatic heterocycles. The number of carboxylic acid groups (broad SMARTS) is 2. The highest BCUT2D eigenvalue weighted by Gasteiger charge is 2.30. The third kappa shape index (κ3) is 14.0. The monoisotopic (exact) mass is 502 g/mol. The van der Waals surface area contributed by atoms with Crippen molar-refractivity contribution in [3.63, 3.8) is 0 Å². The van der Waals surface area contributed by atoms with Crippen molar-refractivity contribution >= 4 is 41.5 Å². The first-order valence-corrected chi connectivity index (χ1v) is 10.7. The zero-order chi connectivity index (χ0) is 27.1. The molecule has 0 fully saturated rings. The second kappa shape index (κ2) is 15.8. The van der Waals surface area contributed by atoms with Crippen LogP contribution in [0, 0.1) is 0 Å². The number of aliphatic carboxylic acids is 2. The minimum Gasteiger partial charge on any atom is -0.481 e. The van der Waals surface area contributed by atoms with Crippen molar-refractivity contribution in [2.75, 3.05) is 6.54 Å². The molecular weight excluding hydrogens is 468 g/mol. The largest absolute Gasteiger partial charge is 0.481 e. The van der Waals surface area contributed by atoms with Gasteiger partial charge in [0.15, 0.2) is 5.96 Å². The predicted octanol–water partition coefficient (Wildman–Crippen LogP) is -3.94. The summed E-state index contributed by atoms with van der Waals surface area (Å²) in [7, 11) is 0. The second-order valence-electron chi connectivity index (χ2n) is 7.70. The van der Waals surface area contributed by atoms with Gasteiger partial charge < -0.3 is 49.1 Å². The number of nitrogens with one attached hydrogen (secondary N) is 3. The number of aliphatic imine (C=N–C) groups is 1. The lowest BCUT2D eigenvalue weighted by Gasteiger charge is -2.24. The number of nitrogens with zero attached hydrogens (tertiary/aromatic N) is 1. The molecule has 0 heterocycles. The number of rotatable bonds is 17. The van der Waals surface area contributed by atoms with E-state index in [1.54, 1.807) is 0 Å². The zero-order valence-electron chi connectivity index (χ0n) is 19.4. The molecule has 0 aliphatic rings.